The average Bonchev–Trinajstić information content (AvgIpc) is 3.12. The van der Waals surface area contributed by atoms with Gasteiger partial charge in [-0.1, -0.05) is 35.4 Å². The van der Waals surface area contributed by atoms with Gasteiger partial charge < -0.3 is 24.0 Å². The van der Waals surface area contributed by atoms with Gasteiger partial charge in [-0.05, 0) is 44.2 Å². The maximum atomic E-state index is 14.4. The van der Waals surface area contributed by atoms with E-state index in [1.807, 2.05) is 13.8 Å². The molecule has 0 unspecified atom stereocenters. The van der Waals surface area contributed by atoms with Crippen LogP contribution in [0.3, 0.4) is 0 Å². The minimum atomic E-state index is -4.69. The van der Waals surface area contributed by atoms with Gasteiger partial charge in [0, 0.05) is 6.20 Å². The number of aryl methyl sites for hydroxylation is 2. The molecule has 2 aromatic rings. The van der Waals surface area contributed by atoms with Crippen LogP contribution in [0.15, 0.2) is 60.8 Å². The van der Waals surface area contributed by atoms with E-state index in [1.165, 1.54) is 24.3 Å². The number of phosphoric ester groups is 1. The Morgan fingerprint density at radius 2 is 1.55 bits per heavy atom. The van der Waals surface area contributed by atoms with E-state index < -0.39 is 63.0 Å². The van der Waals surface area contributed by atoms with Crippen molar-refractivity contribution < 1.29 is 51.5 Å². The molecule has 4 atom stereocenters. The fourth-order valence-corrected chi connectivity index (χ4v) is 5.14. The zero-order valence-electron chi connectivity index (χ0n) is 20.4. The quantitative estimate of drug-likeness (QED) is 0.355. The molecule has 0 aromatic heterocycles. The minimum Gasteiger partial charge on any atom is -0.395 e. The van der Waals surface area contributed by atoms with E-state index in [-0.39, 0.29) is 11.5 Å². The Bertz CT molecular complexity index is 1200. The second-order valence-electron chi connectivity index (χ2n) is 8.99. The summed E-state index contributed by atoms with van der Waals surface area (Å²) in [5, 5.41) is 21.1. The Morgan fingerprint density at radius 1 is 1.03 bits per heavy atom. The second-order valence-corrected chi connectivity index (χ2v) is 10.5. The molecular weight excluding hydrogens is 527 g/mol. The number of carbonyl (C=O) groups is 2. The third-order valence-corrected chi connectivity index (χ3v) is 7.37. The van der Waals surface area contributed by atoms with Gasteiger partial charge in [-0.15, -0.1) is 0 Å². The number of nitrogens with zero attached hydrogens (tertiary/aromatic N) is 1. The number of ketones is 1. The molecule has 1 fully saturated rings. The molecule has 2 heterocycles. The molecule has 204 valence electrons. The van der Waals surface area contributed by atoms with Crippen molar-refractivity contribution >= 4 is 19.5 Å². The summed E-state index contributed by atoms with van der Waals surface area (Å²) >= 11 is 0. The Balaban J connectivity index is 1.61. The van der Waals surface area contributed by atoms with Gasteiger partial charge in [0.2, 0.25) is 5.91 Å². The van der Waals surface area contributed by atoms with Crippen molar-refractivity contribution in [2.45, 2.75) is 50.7 Å². The maximum absolute atomic E-state index is 14.4. The molecule has 0 bridgehead atoms. The molecule has 0 aliphatic carbocycles. The van der Waals surface area contributed by atoms with Gasteiger partial charge in [0.15, 0.2) is 17.6 Å². The first kappa shape index (κ1) is 27.9. The number of ether oxygens (including phenoxy) is 1. The smallest absolute Gasteiger partial charge is 0.395 e. The van der Waals surface area contributed by atoms with Crippen molar-refractivity contribution in [1.29, 1.82) is 0 Å². The Hall–Kier alpha value is -3.15. The van der Waals surface area contributed by atoms with Gasteiger partial charge in [-0.25, -0.2) is 13.3 Å². The van der Waals surface area contributed by atoms with Gasteiger partial charge in [0.05, 0.1) is 13.0 Å². The molecule has 2 aromatic carbocycles. The zero-order chi connectivity index (χ0) is 27.7. The van der Waals surface area contributed by atoms with E-state index in [9.17, 15) is 33.1 Å². The van der Waals surface area contributed by atoms with Crippen LogP contribution in [-0.4, -0.2) is 63.9 Å². The summed E-state index contributed by atoms with van der Waals surface area (Å²) in [4.78, 5) is 24.5. The summed E-state index contributed by atoms with van der Waals surface area (Å²) in [7, 11) is -4.69. The second kappa shape index (κ2) is 10.9. The van der Waals surface area contributed by atoms with Crippen molar-refractivity contribution in [2.24, 2.45) is 0 Å². The number of hydrogen-bond donors (Lipinski definition) is 2. The monoisotopic (exact) mass is 553 g/mol. The van der Waals surface area contributed by atoms with Crippen molar-refractivity contribution in [3.63, 3.8) is 0 Å². The number of phosphoric acid groups is 1. The third-order valence-electron chi connectivity index (χ3n) is 6.06. The van der Waals surface area contributed by atoms with Crippen LogP contribution >= 0.6 is 7.82 Å². The van der Waals surface area contributed by atoms with Crippen molar-refractivity contribution in [3.8, 4) is 11.5 Å². The molecule has 2 N–H and O–H groups in total. The van der Waals surface area contributed by atoms with Crippen molar-refractivity contribution in [2.75, 3.05) is 6.61 Å². The number of alkyl halides is 2. The predicted octanol–water partition coefficient (Wildman–Crippen LogP) is 3.28. The number of amides is 1. The highest BCUT2D eigenvalue weighted by Gasteiger charge is 2.62. The summed E-state index contributed by atoms with van der Waals surface area (Å²) in [6.07, 6.45) is -8.11. The van der Waals surface area contributed by atoms with Crippen molar-refractivity contribution in [1.82, 2.24) is 4.90 Å². The molecule has 1 saturated heterocycles. The van der Waals surface area contributed by atoms with Crippen LogP contribution in [0.4, 0.5) is 8.78 Å². The van der Waals surface area contributed by atoms with Gasteiger partial charge in [0.1, 0.15) is 23.7 Å². The highest BCUT2D eigenvalue weighted by molar-refractivity contribution is 7.49. The molecule has 2 aliphatic heterocycles. The highest BCUT2D eigenvalue weighted by atomic mass is 31.2. The molecule has 1 amide bonds. The normalized spacial score (nSPS) is 25.8. The number of aliphatic hydroxyl groups is 2. The number of rotatable bonds is 9. The summed E-state index contributed by atoms with van der Waals surface area (Å²) in [6.45, 7) is 2.38. The lowest BCUT2D eigenvalue weighted by Crippen LogP contribution is -2.52. The SMILES string of the molecule is Cc1ccc(OP(=O)(OC[C@@]2(C(F)F)O[C@@H](N3C=CC(=O)CC3=O)[C@@H](O)[C@@H]2O)Oc2ccc(C)cc2)cc1. The number of allylic oxidation sites excluding steroid dienone is 1. The van der Waals surface area contributed by atoms with E-state index in [0.29, 0.717) is 0 Å². The summed E-state index contributed by atoms with van der Waals surface area (Å²) in [5.41, 5.74) is -1.19. The third kappa shape index (κ3) is 5.79. The van der Waals surface area contributed by atoms with Gasteiger partial charge in [-0.3, -0.25) is 19.0 Å². The van der Waals surface area contributed by atoms with Crippen LogP contribution in [0.5, 0.6) is 11.5 Å². The average molecular weight is 553 g/mol. The molecule has 10 nitrogen and oxygen atoms in total. The molecule has 0 spiro atoms. The molecule has 2 aliphatic rings. The fraction of sp³-hybridized carbons (Fsp3) is 0.360. The fourth-order valence-electron chi connectivity index (χ4n) is 3.87. The van der Waals surface area contributed by atoms with Gasteiger partial charge in [-0.2, -0.15) is 0 Å². The van der Waals surface area contributed by atoms with Crippen LogP contribution in [0, 0.1) is 13.8 Å². The van der Waals surface area contributed by atoms with Gasteiger partial charge in [0.25, 0.3) is 6.43 Å². The zero-order valence-corrected chi connectivity index (χ0v) is 21.3. The number of benzene rings is 2. The van der Waals surface area contributed by atoms with E-state index in [0.717, 1.165) is 28.3 Å². The largest absolute Gasteiger partial charge is 0.587 e. The summed E-state index contributed by atoms with van der Waals surface area (Å²) < 4.78 is 64.1. The first-order valence-corrected chi connectivity index (χ1v) is 13.0. The topological polar surface area (TPSA) is 132 Å². The predicted molar refractivity (Wildman–Crippen MR) is 128 cm³/mol. The van der Waals surface area contributed by atoms with Crippen LogP contribution in [0.1, 0.15) is 17.5 Å². The molecule has 0 radical (unpaired) electrons. The lowest BCUT2D eigenvalue weighted by Gasteiger charge is -2.33. The lowest BCUT2D eigenvalue weighted by molar-refractivity contribution is -0.200. The van der Waals surface area contributed by atoms with E-state index in [4.69, 9.17) is 18.3 Å². The number of carbonyl (C=O) groups excluding carboxylic acids is 2. The molecule has 0 saturated carbocycles. The van der Waals surface area contributed by atoms with E-state index >= 15 is 0 Å². The van der Waals surface area contributed by atoms with Gasteiger partial charge >= 0.3 is 7.82 Å². The Kier molecular flexibility index (Phi) is 8.01. The van der Waals surface area contributed by atoms with E-state index in [1.54, 1.807) is 24.3 Å². The number of halogens is 2. The minimum absolute atomic E-state index is 0.0525. The Morgan fingerprint density at radius 3 is 2.03 bits per heavy atom. The Labute approximate surface area is 217 Å². The lowest BCUT2D eigenvalue weighted by atomic mass is 9.96. The molecule has 4 rings (SSSR count). The summed E-state index contributed by atoms with van der Waals surface area (Å²) in [6, 6.07) is 12.5. The van der Waals surface area contributed by atoms with E-state index in [2.05, 4.69) is 0 Å². The first-order chi connectivity index (χ1) is 17.9. The molecular formula is C25H26F2NO9P. The molecule has 38 heavy (non-hydrogen) atoms. The standard InChI is InChI=1S/C25H26F2NO9P/c1-15-3-7-18(8-4-15)36-38(33,37-19-9-5-16(2)6-10-19)34-14-25(24(26)27)22(32)21(31)23(35-25)28-12-11-17(29)13-20(28)30/h3-12,21-24,31-32H,13-14H2,1-2H3/t21-,22-,23+,25+/m0/s1. The van der Waals surface area contributed by atoms with Crippen molar-refractivity contribution in [3.05, 3.63) is 71.9 Å². The number of hydrogen-bond acceptors (Lipinski definition) is 9. The maximum Gasteiger partial charge on any atom is 0.587 e. The van der Waals surface area contributed by atoms with Crippen LogP contribution < -0.4 is 9.05 Å². The number of aliphatic hydroxyl groups excluding tert-OH is 2. The van der Waals surface area contributed by atoms with Crippen LogP contribution in [0.2, 0.25) is 0 Å². The highest BCUT2D eigenvalue weighted by Crippen LogP contribution is 2.52. The first-order valence-electron chi connectivity index (χ1n) is 11.5. The van der Waals surface area contributed by atoms with Crippen LogP contribution in [0.25, 0.3) is 0 Å². The van der Waals surface area contributed by atoms with Crippen LogP contribution in [-0.2, 0) is 23.4 Å². The molecule has 13 heteroatoms. The summed E-state index contributed by atoms with van der Waals surface area (Å²) in [5.74, 6) is -1.24.